The molecule has 0 spiro atoms. The third-order valence-corrected chi connectivity index (χ3v) is 5.50. The van der Waals surface area contributed by atoms with Crippen LogP contribution in [0.3, 0.4) is 0 Å². The number of benzene rings is 1. The summed E-state index contributed by atoms with van der Waals surface area (Å²) in [6.07, 6.45) is 6.11. The van der Waals surface area contributed by atoms with Crippen LogP contribution in [0.25, 0.3) is 10.9 Å². The second-order valence-electron chi connectivity index (χ2n) is 6.51. The molecule has 2 aromatic rings. The first-order chi connectivity index (χ1) is 11.4. The van der Waals surface area contributed by atoms with Gasteiger partial charge in [0.2, 0.25) is 0 Å². The molecule has 5 nitrogen and oxygen atoms in total. The number of nitrogens with zero attached hydrogens (tertiary/aromatic N) is 3. The Morgan fingerprint density at radius 2 is 1.96 bits per heavy atom. The van der Waals surface area contributed by atoms with Gasteiger partial charge in [0, 0.05) is 13.1 Å². The zero-order valence-corrected chi connectivity index (χ0v) is 15.4. The van der Waals surface area contributed by atoms with E-state index >= 15 is 0 Å². The standard InChI is InChI=1S/C17H21Cl2N3O2/c1-21(10-6-4-3-5-7-10)9-13-20-15-14(17(24)22(13)2)11(18)8-12(19)16(15)23/h8,10,23H,3-7,9H2,1-2H3. The molecule has 1 heterocycles. The molecular formula is C17H21Cl2N3O2. The van der Waals surface area contributed by atoms with Crippen molar-refractivity contribution >= 4 is 34.1 Å². The maximum atomic E-state index is 12.7. The van der Waals surface area contributed by atoms with Gasteiger partial charge in [-0.3, -0.25) is 14.3 Å². The third kappa shape index (κ3) is 3.13. The Morgan fingerprint density at radius 1 is 1.29 bits per heavy atom. The lowest BCUT2D eigenvalue weighted by atomic mass is 9.94. The van der Waals surface area contributed by atoms with E-state index in [-0.39, 0.29) is 32.3 Å². The van der Waals surface area contributed by atoms with Crippen LogP contribution in [-0.2, 0) is 13.6 Å². The van der Waals surface area contributed by atoms with Crippen molar-refractivity contribution in [1.29, 1.82) is 0 Å². The molecule has 1 aliphatic rings. The first-order valence-electron chi connectivity index (χ1n) is 8.17. The van der Waals surface area contributed by atoms with Crippen molar-refractivity contribution in [2.24, 2.45) is 7.05 Å². The first-order valence-corrected chi connectivity index (χ1v) is 8.92. The normalized spacial score (nSPS) is 16.2. The van der Waals surface area contributed by atoms with Gasteiger partial charge in [0.05, 0.1) is 22.0 Å². The molecule has 1 N–H and O–H groups in total. The summed E-state index contributed by atoms with van der Waals surface area (Å²) in [5.74, 6) is 0.393. The van der Waals surface area contributed by atoms with Crippen LogP contribution in [0.1, 0.15) is 37.9 Å². The van der Waals surface area contributed by atoms with Gasteiger partial charge in [-0.05, 0) is 26.0 Å². The van der Waals surface area contributed by atoms with Crippen LogP contribution in [0.2, 0.25) is 10.0 Å². The molecule has 130 valence electrons. The van der Waals surface area contributed by atoms with Gasteiger partial charge in [0.25, 0.3) is 5.56 Å². The van der Waals surface area contributed by atoms with E-state index in [0.717, 1.165) is 0 Å². The highest BCUT2D eigenvalue weighted by molar-refractivity contribution is 6.39. The van der Waals surface area contributed by atoms with Crippen LogP contribution in [0.5, 0.6) is 5.75 Å². The summed E-state index contributed by atoms with van der Waals surface area (Å²) in [5, 5.41) is 10.7. The third-order valence-electron chi connectivity index (χ3n) is 4.92. The highest BCUT2D eigenvalue weighted by Gasteiger charge is 2.21. The van der Waals surface area contributed by atoms with E-state index in [4.69, 9.17) is 23.2 Å². The molecule has 3 rings (SSSR count). The fraction of sp³-hybridized carbons (Fsp3) is 0.529. The fourth-order valence-corrected chi connectivity index (χ4v) is 3.95. The van der Waals surface area contributed by atoms with Gasteiger partial charge >= 0.3 is 0 Å². The summed E-state index contributed by atoms with van der Waals surface area (Å²) in [6.45, 7) is 0.538. The molecule has 1 aliphatic carbocycles. The number of aromatic hydroxyl groups is 1. The molecule has 0 bridgehead atoms. The van der Waals surface area contributed by atoms with E-state index in [1.807, 2.05) is 0 Å². The predicted octanol–water partition coefficient (Wildman–Crippen LogP) is 3.71. The van der Waals surface area contributed by atoms with E-state index in [2.05, 4.69) is 16.9 Å². The number of halogens is 2. The molecule has 24 heavy (non-hydrogen) atoms. The number of fused-ring (bicyclic) bond motifs is 1. The van der Waals surface area contributed by atoms with Gasteiger partial charge in [0.15, 0.2) is 5.75 Å². The molecule has 0 amide bonds. The molecule has 7 heteroatoms. The van der Waals surface area contributed by atoms with Crippen molar-refractivity contribution in [2.75, 3.05) is 7.05 Å². The zero-order valence-electron chi connectivity index (χ0n) is 13.9. The van der Waals surface area contributed by atoms with E-state index in [0.29, 0.717) is 18.4 Å². The molecule has 1 fully saturated rings. The van der Waals surface area contributed by atoms with Crippen molar-refractivity contribution in [2.45, 2.75) is 44.7 Å². The van der Waals surface area contributed by atoms with E-state index < -0.39 is 0 Å². The van der Waals surface area contributed by atoms with Crippen LogP contribution in [0, 0.1) is 0 Å². The van der Waals surface area contributed by atoms with Gasteiger partial charge in [-0.15, -0.1) is 0 Å². The van der Waals surface area contributed by atoms with Crippen LogP contribution in [0.4, 0.5) is 0 Å². The van der Waals surface area contributed by atoms with Crippen LogP contribution in [-0.4, -0.2) is 32.6 Å². The molecule has 1 aromatic heterocycles. The monoisotopic (exact) mass is 369 g/mol. The average molecular weight is 370 g/mol. The number of hydrogen-bond donors (Lipinski definition) is 1. The lowest BCUT2D eigenvalue weighted by Gasteiger charge is -2.31. The molecule has 0 unspecified atom stereocenters. The fourth-order valence-electron chi connectivity index (χ4n) is 3.41. The Bertz CT molecular complexity index is 829. The van der Waals surface area contributed by atoms with Crippen molar-refractivity contribution in [1.82, 2.24) is 14.5 Å². The van der Waals surface area contributed by atoms with Gasteiger partial charge in [-0.25, -0.2) is 4.98 Å². The maximum Gasteiger partial charge on any atom is 0.262 e. The van der Waals surface area contributed by atoms with Crippen molar-refractivity contribution in [3.63, 3.8) is 0 Å². The molecular weight excluding hydrogens is 349 g/mol. The number of hydrogen-bond acceptors (Lipinski definition) is 4. The second-order valence-corrected chi connectivity index (χ2v) is 7.33. The number of phenolic OH excluding ortho intramolecular Hbond substituents is 1. The van der Waals surface area contributed by atoms with Crippen molar-refractivity contribution < 1.29 is 5.11 Å². The van der Waals surface area contributed by atoms with E-state index in [9.17, 15) is 9.90 Å². The Labute approximate surface area is 150 Å². The lowest BCUT2D eigenvalue weighted by Crippen LogP contribution is -2.35. The molecule has 0 saturated heterocycles. The van der Waals surface area contributed by atoms with E-state index in [1.54, 1.807) is 7.05 Å². The number of aromatic nitrogens is 2. The molecule has 1 saturated carbocycles. The van der Waals surface area contributed by atoms with Gasteiger partial charge in [0.1, 0.15) is 11.3 Å². The SMILES string of the molecule is CN(Cc1nc2c(O)c(Cl)cc(Cl)c2c(=O)n1C)C1CCCCC1. The Morgan fingerprint density at radius 3 is 2.62 bits per heavy atom. The van der Waals surface area contributed by atoms with Crippen LogP contribution >= 0.6 is 23.2 Å². The number of phenols is 1. The minimum absolute atomic E-state index is 0.0971. The topological polar surface area (TPSA) is 58.4 Å². The summed E-state index contributed by atoms with van der Waals surface area (Å²) < 4.78 is 1.50. The summed E-state index contributed by atoms with van der Waals surface area (Å²) in [4.78, 5) is 19.4. The van der Waals surface area contributed by atoms with Crippen molar-refractivity contribution in [3.8, 4) is 5.75 Å². The zero-order chi connectivity index (χ0) is 17.4. The minimum atomic E-state index is -0.274. The first kappa shape index (κ1) is 17.5. The highest BCUT2D eigenvalue weighted by atomic mass is 35.5. The summed E-state index contributed by atoms with van der Waals surface area (Å²) in [5.41, 5.74) is -0.105. The summed E-state index contributed by atoms with van der Waals surface area (Å²) in [7, 11) is 3.73. The van der Waals surface area contributed by atoms with Crippen LogP contribution < -0.4 is 5.56 Å². The average Bonchev–Trinajstić information content (AvgIpc) is 2.57. The quantitative estimate of drug-likeness (QED) is 0.895. The van der Waals surface area contributed by atoms with Crippen LogP contribution in [0.15, 0.2) is 10.9 Å². The van der Waals surface area contributed by atoms with Gasteiger partial charge < -0.3 is 5.11 Å². The molecule has 0 radical (unpaired) electrons. The smallest absolute Gasteiger partial charge is 0.262 e. The van der Waals surface area contributed by atoms with E-state index in [1.165, 1.54) is 42.7 Å². The van der Waals surface area contributed by atoms with Gasteiger partial charge in [-0.1, -0.05) is 42.5 Å². The largest absolute Gasteiger partial charge is 0.504 e. The van der Waals surface area contributed by atoms with Gasteiger partial charge in [-0.2, -0.15) is 0 Å². The lowest BCUT2D eigenvalue weighted by molar-refractivity contribution is 0.179. The highest BCUT2D eigenvalue weighted by Crippen LogP contribution is 2.34. The molecule has 0 atom stereocenters. The Hall–Kier alpha value is -1.30. The maximum absolute atomic E-state index is 12.7. The number of rotatable bonds is 3. The Kier molecular flexibility index (Phi) is 5.04. The molecule has 0 aliphatic heterocycles. The second kappa shape index (κ2) is 6.90. The molecule has 1 aromatic carbocycles. The Balaban J connectivity index is 2.04. The minimum Gasteiger partial charge on any atom is -0.504 e. The predicted molar refractivity (Wildman–Crippen MR) is 97.0 cm³/mol. The van der Waals surface area contributed by atoms with Crippen molar-refractivity contribution in [3.05, 3.63) is 32.3 Å². The summed E-state index contributed by atoms with van der Waals surface area (Å²) in [6, 6.07) is 1.88. The summed E-state index contributed by atoms with van der Waals surface area (Å²) >= 11 is 12.1.